The number of amides is 2. The second-order valence-corrected chi connectivity index (χ2v) is 9.14. The van der Waals surface area contributed by atoms with Gasteiger partial charge in [0, 0.05) is 71.5 Å². The Balaban J connectivity index is 1.37. The normalized spacial score (nSPS) is 14.8. The molecule has 1 saturated heterocycles. The Hall–Kier alpha value is -2.02. The molecule has 1 heterocycles. The minimum absolute atomic E-state index is 0.0556. The maximum atomic E-state index is 12.5. The van der Waals surface area contributed by atoms with Crippen LogP contribution < -0.4 is 5.32 Å². The third-order valence-electron chi connectivity index (χ3n) is 5.16. The zero-order chi connectivity index (χ0) is 23.8. The van der Waals surface area contributed by atoms with E-state index in [-0.39, 0.29) is 11.8 Å². The highest BCUT2D eigenvalue weighted by Gasteiger charge is 2.19. The van der Waals surface area contributed by atoms with Crippen LogP contribution in [-0.4, -0.2) is 60.9 Å². The molecule has 0 unspecified atom stereocenters. The third-order valence-corrected chi connectivity index (χ3v) is 6.28. The molecule has 1 N–H and O–H groups in total. The van der Waals surface area contributed by atoms with Crippen LogP contribution in [0.1, 0.15) is 11.1 Å². The molecule has 33 heavy (non-hydrogen) atoms. The molecule has 1 aliphatic rings. The van der Waals surface area contributed by atoms with Gasteiger partial charge in [-0.2, -0.15) is 0 Å². The van der Waals surface area contributed by atoms with Crippen LogP contribution in [0.5, 0.6) is 0 Å². The molecule has 174 valence electrons. The minimum atomic E-state index is -0.194. The van der Waals surface area contributed by atoms with Gasteiger partial charge in [0.2, 0.25) is 11.8 Å². The smallest absolute Gasteiger partial charge is 0.246 e. The number of carbonyl (C=O) groups excluding carboxylic acids is 2. The first kappa shape index (κ1) is 25.6. The largest absolute Gasteiger partial charge is 0.351 e. The molecule has 1 aliphatic heterocycles. The van der Waals surface area contributed by atoms with Crippen molar-refractivity contribution < 1.29 is 9.59 Å². The van der Waals surface area contributed by atoms with Crippen molar-refractivity contribution in [3.05, 3.63) is 79.8 Å². The standard InChI is InChI=1S/C24H23Cl4N3O2/c25-19-5-1-17(21(27)15-19)3-7-23(32)29-9-10-30-11-13-31(14-12-30)24(33)8-4-18-2-6-20(26)16-22(18)28/h1-8,15-16H,9-14H2,(H,29,32). The zero-order valence-electron chi connectivity index (χ0n) is 17.7. The Morgan fingerprint density at radius 3 is 1.91 bits per heavy atom. The lowest BCUT2D eigenvalue weighted by atomic mass is 10.2. The molecule has 0 radical (unpaired) electrons. The molecule has 1 fully saturated rings. The highest BCUT2D eigenvalue weighted by molar-refractivity contribution is 6.36. The predicted octanol–water partition coefficient (Wildman–Crippen LogP) is 5.29. The maximum Gasteiger partial charge on any atom is 0.246 e. The van der Waals surface area contributed by atoms with E-state index in [0.29, 0.717) is 46.3 Å². The Kier molecular flexibility index (Phi) is 9.65. The summed E-state index contributed by atoms with van der Waals surface area (Å²) in [5.74, 6) is -0.249. The fourth-order valence-electron chi connectivity index (χ4n) is 3.29. The zero-order valence-corrected chi connectivity index (χ0v) is 20.8. The van der Waals surface area contributed by atoms with Gasteiger partial charge in [0.05, 0.1) is 0 Å². The molecule has 0 atom stereocenters. The second-order valence-electron chi connectivity index (χ2n) is 7.46. The summed E-state index contributed by atoms with van der Waals surface area (Å²) < 4.78 is 0. The summed E-state index contributed by atoms with van der Waals surface area (Å²) in [4.78, 5) is 28.5. The summed E-state index contributed by atoms with van der Waals surface area (Å²) in [7, 11) is 0. The number of carbonyl (C=O) groups is 2. The van der Waals surface area contributed by atoms with Crippen LogP contribution >= 0.6 is 46.4 Å². The number of piperazine rings is 1. The molecule has 0 saturated carbocycles. The van der Waals surface area contributed by atoms with E-state index in [2.05, 4.69) is 10.2 Å². The van der Waals surface area contributed by atoms with Gasteiger partial charge in [0.15, 0.2) is 0 Å². The van der Waals surface area contributed by atoms with Crippen molar-refractivity contribution in [2.45, 2.75) is 0 Å². The van der Waals surface area contributed by atoms with E-state index in [0.717, 1.165) is 24.2 Å². The Morgan fingerprint density at radius 1 is 0.818 bits per heavy atom. The van der Waals surface area contributed by atoms with Crippen LogP contribution in [-0.2, 0) is 9.59 Å². The first-order chi connectivity index (χ1) is 15.8. The van der Waals surface area contributed by atoms with Crippen molar-refractivity contribution >= 4 is 70.4 Å². The van der Waals surface area contributed by atoms with Gasteiger partial charge in [-0.15, -0.1) is 0 Å². The van der Waals surface area contributed by atoms with E-state index in [1.54, 1.807) is 53.5 Å². The lowest BCUT2D eigenvalue weighted by molar-refractivity contribution is -0.127. The number of nitrogens with one attached hydrogen (secondary N) is 1. The van der Waals surface area contributed by atoms with Gasteiger partial charge >= 0.3 is 0 Å². The van der Waals surface area contributed by atoms with Gasteiger partial charge < -0.3 is 10.2 Å². The number of hydrogen-bond acceptors (Lipinski definition) is 3. The summed E-state index contributed by atoms with van der Waals surface area (Å²) >= 11 is 24.0. The van der Waals surface area contributed by atoms with Gasteiger partial charge in [0.25, 0.3) is 0 Å². The predicted molar refractivity (Wildman–Crippen MR) is 137 cm³/mol. The first-order valence-corrected chi connectivity index (χ1v) is 11.9. The van der Waals surface area contributed by atoms with Crippen molar-refractivity contribution in [1.82, 2.24) is 15.1 Å². The number of hydrogen-bond donors (Lipinski definition) is 1. The summed E-state index contributed by atoms with van der Waals surface area (Å²) in [5.41, 5.74) is 1.47. The maximum absolute atomic E-state index is 12.5. The molecule has 2 amide bonds. The van der Waals surface area contributed by atoms with E-state index >= 15 is 0 Å². The molecular formula is C24H23Cl4N3O2. The minimum Gasteiger partial charge on any atom is -0.351 e. The van der Waals surface area contributed by atoms with Crippen LogP contribution in [0.4, 0.5) is 0 Å². The Morgan fingerprint density at radius 2 is 1.36 bits per heavy atom. The molecule has 2 aromatic rings. The Labute approximate surface area is 213 Å². The molecular weight excluding hydrogens is 504 g/mol. The molecule has 5 nitrogen and oxygen atoms in total. The number of rotatable bonds is 7. The lowest BCUT2D eigenvalue weighted by Crippen LogP contribution is -2.49. The molecule has 2 aromatic carbocycles. The van der Waals surface area contributed by atoms with Crippen molar-refractivity contribution in [3.63, 3.8) is 0 Å². The van der Waals surface area contributed by atoms with Crippen LogP contribution in [0.2, 0.25) is 20.1 Å². The summed E-state index contributed by atoms with van der Waals surface area (Å²) in [6.45, 7) is 3.96. The third kappa shape index (κ3) is 8.05. The van der Waals surface area contributed by atoms with Gasteiger partial charge in [-0.25, -0.2) is 0 Å². The van der Waals surface area contributed by atoms with Gasteiger partial charge in [-0.05, 0) is 47.5 Å². The van der Waals surface area contributed by atoms with Crippen LogP contribution in [0.3, 0.4) is 0 Å². The fraction of sp³-hybridized carbons (Fsp3) is 0.250. The van der Waals surface area contributed by atoms with E-state index in [4.69, 9.17) is 46.4 Å². The van der Waals surface area contributed by atoms with Crippen LogP contribution in [0.25, 0.3) is 12.2 Å². The number of halogens is 4. The van der Waals surface area contributed by atoms with Crippen molar-refractivity contribution in [3.8, 4) is 0 Å². The molecule has 0 aromatic heterocycles. The Bertz CT molecular complexity index is 1060. The van der Waals surface area contributed by atoms with Crippen LogP contribution in [0.15, 0.2) is 48.6 Å². The van der Waals surface area contributed by atoms with Crippen LogP contribution in [0, 0.1) is 0 Å². The lowest BCUT2D eigenvalue weighted by Gasteiger charge is -2.34. The van der Waals surface area contributed by atoms with E-state index in [9.17, 15) is 9.59 Å². The van der Waals surface area contributed by atoms with E-state index in [1.165, 1.54) is 12.2 Å². The first-order valence-electron chi connectivity index (χ1n) is 10.4. The molecule has 3 rings (SSSR count). The van der Waals surface area contributed by atoms with Crippen molar-refractivity contribution in [2.24, 2.45) is 0 Å². The van der Waals surface area contributed by atoms with Gasteiger partial charge in [-0.1, -0.05) is 58.5 Å². The summed E-state index contributed by atoms with van der Waals surface area (Å²) in [6, 6.07) is 10.3. The topological polar surface area (TPSA) is 52.7 Å². The molecule has 0 aliphatic carbocycles. The average Bonchev–Trinajstić information content (AvgIpc) is 2.78. The van der Waals surface area contributed by atoms with Crippen molar-refractivity contribution in [1.29, 1.82) is 0 Å². The quantitative estimate of drug-likeness (QED) is 0.499. The van der Waals surface area contributed by atoms with Crippen molar-refractivity contribution in [2.75, 3.05) is 39.3 Å². The fourth-order valence-corrected chi connectivity index (χ4v) is 4.24. The molecule has 0 bridgehead atoms. The molecule has 0 spiro atoms. The SMILES string of the molecule is O=C(C=Cc1ccc(Cl)cc1Cl)NCCN1CCN(C(=O)C=Cc2ccc(Cl)cc2Cl)CC1. The average molecular weight is 527 g/mol. The highest BCUT2D eigenvalue weighted by atomic mass is 35.5. The van der Waals surface area contributed by atoms with Gasteiger partial charge in [0.1, 0.15) is 0 Å². The summed E-state index contributed by atoms with van der Waals surface area (Å²) in [6.07, 6.45) is 6.34. The van der Waals surface area contributed by atoms with E-state index < -0.39 is 0 Å². The highest BCUT2D eigenvalue weighted by Crippen LogP contribution is 2.23. The number of benzene rings is 2. The van der Waals surface area contributed by atoms with E-state index in [1.807, 2.05) is 0 Å². The second kappa shape index (κ2) is 12.4. The number of nitrogens with zero attached hydrogens (tertiary/aromatic N) is 2. The summed E-state index contributed by atoms with van der Waals surface area (Å²) in [5, 5.41) is 4.96. The van der Waals surface area contributed by atoms with Gasteiger partial charge in [-0.3, -0.25) is 14.5 Å². The monoisotopic (exact) mass is 525 g/mol. The molecule has 9 heteroatoms.